The van der Waals surface area contributed by atoms with E-state index in [1.165, 1.54) is 12.1 Å². The molecule has 0 atom stereocenters. The lowest BCUT2D eigenvalue weighted by molar-refractivity contribution is 0.403. The molecule has 0 heterocycles. The van der Waals surface area contributed by atoms with Crippen molar-refractivity contribution in [1.82, 2.24) is 0 Å². The summed E-state index contributed by atoms with van der Waals surface area (Å²) in [5.41, 5.74) is 0.392. The van der Waals surface area contributed by atoms with E-state index in [2.05, 4.69) is 4.85 Å². The van der Waals surface area contributed by atoms with Gasteiger partial charge in [-0.3, -0.25) is 0 Å². The largest absolute Gasteiger partial charge is 0.504 e. The molecule has 0 aliphatic heterocycles. The van der Waals surface area contributed by atoms with E-state index in [1.807, 2.05) is 0 Å². The molecule has 0 spiro atoms. The van der Waals surface area contributed by atoms with Gasteiger partial charge in [-0.15, -0.1) is 0 Å². The molecule has 0 unspecified atom stereocenters. The van der Waals surface area contributed by atoms with Crippen LogP contribution in [-0.2, 0) is 5.54 Å². The SMILES string of the molecule is [C-]#[N+]C1(c2ccc(O)c(O)c2)CC1. The van der Waals surface area contributed by atoms with Crippen LogP contribution < -0.4 is 0 Å². The lowest BCUT2D eigenvalue weighted by Crippen LogP contribution is -1.98. The van der Waals surface area contributed by atoms with Crippen molar-refractivity contribution >= 4 is 0 Å². The number of aromatic hydroxyl groups is 2. The molecule has 0 amide bonds. The molecular formula is C10H9NO2. The zero-order valence-electron chi connectivity index (χ0n) is 6.99. The fourth-order valence-electron chi connectivity index (χ4n) is 1.40. The number of rotatable bonds is 1. The Labute approximate surface area is 76.1 Å². The number of nitrogens with zero attached hydrogens (tertiary/aromatic N) is 1. The number of hydrogen-bond donors (Lipinski definition) is 2. The summed E-state index contributed by atoms with van der Waals surface area (Å²) >= 11 is 0. The zero-order chi connectivity index (χ0) is 9.47. The van der Waals surface area contributed by atoms with Crippen LogP contribution in [0.1, 0.15) is 18.4 Å². The van der Waals surface area contributed by atoms with E-state index in [1.54, 1.807) is 6.07 Å². The summed E-state index contributed by atoms with van der Waals surface area (Å²) in [5.74, 6) is -0.281. The minimum atomic E-state index is -0.412. The summed E-state index contributed by atoms with van der Waals surface area (Å²) in [6.07, 6.45) is 1.70. The van der Waals surface area contributed by atoms with Crippen molar-refractivity contribution in [2.24, 2.45) is 0 Å². The molecule has 0 bridgehead atoms. The molecule has 2 N–H and O–H groups in total. The van der Waals surface area contributed by atoms with E-state index >= 15 is 0 Å². The maximum absolute atomic E-state index is 9.23. The summed E-state index contributed by atoms with van der Waals surface area (Å²) in [7, 11) is 0. The molecule has 1 aromatic rings. The first-order chi connectivity index (χ1) is 6.18. The van der Waals surface area contributed by atoms with Gasteiger partial charge in [-0.25, -0.2) is 6.57 Å². The zero-order valence-corrected chi connectivity index (χ0v) is 6.99. The van der Waals surface area contributed by atoms with Gasteiger partial charge in [-0.1, -0.05) is 0 Å². The quantitative estimate of drug-likeness (QED) is 0.506. The molecule has 0 aromatic heterocycles. The van der Waals surface area contributed by atoms with E-state index in [0.29, 0.717) is 0 Å². The lowest BCUT2D eigenvalue weighted by Gasteiger charge is -2.03. The van der Waals surface area contributed by atoms with Gasteiger partial charge in [-0.05, 0) is 18.2 Å². The van der Waals surface area contributed by atoms with Crippen LogP contribution in [0.4, 0.5) is 0 Å². The van der Waals surface area contributed by atoms with Gasteiger partial charge < -0.3 is 15.1 Å². The highest BCUT2D eigenvalue weighted by Crippen LogP contribution is 2.50. The van der Waals surface area contributed by atoms with Gasteiger partial charge in [0.1, 0.15) is 0 Å². The van der Waals surface area contributed by atoms with Crippen molar-refractivity contribution in [3.63, 3.8) is 0 Å². The number of phenols is 2. The highest BCUT2D eigenvalue weighted by molar-refractivity contribution is 5.46. The molecule has 1 fully saturated rings. The minimum Gasteiger partial charge on any atom is -0.504 e. The Kier molecular flexibility index (Phi) is 1.46. The Morgan fingerprint density at radius 2 is 1.92 bits per heavy atom. The first kappa shape index (κ1) is 7.93. The Balaban J connectivity index is 2.44. The van der Waals surface area contributed by atoms with Crippen molar-refractivity contribution < 1.29 is 10.2 Å². The molecule has 3 nitrogen and oxygen atoms in total. The fraction of sp³-hybridized carbons (Fsp3) is 0.300. The number of hydrogen-bond acceptors (Lipinski definition) is 2. The van der Waals surface area contributed by atoms with Gasteiger partial charge >= 0.3 is 0 Å². The van der Waals surface area contributed by atoms with Crippen molar-refractivity contribution in [2.75, 3.05) is 0 Å². The summed E-state index contributed by atoms with van der Waals surface area (Å²) in [4.78, 5) is 3.53. The normalized spacial score (nSPS) is 17.8. The van der Waals surface area contributed by atoms with E-state index in [9.17, 15) is 5.11 Å². The maximum Gasteiger partial charge on any atom is 0.258 e. The molecule has 1 aromatic carbocycles. The van der Waals surface area contributed by atoms with Crippen LogP contribution in [0.25, 0.3) is 4.85 Å². The average Bonchev–Trinajstić information content (AvgIpc) is 2.90. The summed E-state index contributed by atoms with van der Waals surface area (Å²) < 4.78 is 0. The smallest absolute Gasteiger partial charge is 0.258 e. The van der Waals surface area contributed by atoms with E-state index in [-0.39, 0.29) is 11.5 Å². The van der Waals surface area contributed by atoms with E-state index in [4.69, 9.17) is 11.7 Å². The molecular weight excluding hydrogens is 166 g/mol. The molecule has 1 saturated carbocycles. The van der Waals surface area contributed by atoms with Crippen molar-refractivity contribution in [3.05, 3.63) is 35.2 Å². The minimum absolute atomic E-state index is 0.135. The van der Waals surface area contributed by atoms with Crippen LogP contribution in [0.5, 0.6) is 11.5 Å². The van der Waals surface area contributed by atoms with Gasteiger partial charge in [0.05, 0.1) is 0 Å². The molecule has 3 heteroatoms. The number of benzene rings is 1. The Bertz CT molecular complexity index is 388. The Morgan fingerprint density at radius 1 is 1.23 bits per heavy atom. The molecule has 1 aliphatic carbocycles. The topological polar surface area (TPSA) is 44.8 Å². The molecule has 2 rings (SSSR count). The van der Waals surface area contributed by atoms with Crippen LogP contribution in [0, 0.1) is 6.57 Å². The highest BCUT2D eigenvalue weighted by Gasteiger charge is 2.52. The molecule has 0 radical (unpaired) electrons. The molecule has 1 aliphatic rings. The van der Waals surface area contributed by atoms with Gasteiger partial charge in [0.2, 0.25) is 0 Å². The van der Waals surface area contributed by atoms with Crippen molar-refractivity contribution in [2.45, 2.75) is 18.4 Å². The first-order valence-corrected chi connectivity index (χ1v) is 4.09. The van der Waals surface area contributed by atoms with Gasteiger partial charge in [0, 0.05) is 18.4 Å². The Morgan fingerprint density at radius 3 is 2.38 bits per heavy atom. The summed E-state index contributed by atoms with van der Waals surface area (Å²) in [6, 6.07) is 4.59. The van der Waals surface area contributed by atoms with E-state index in [0.717, 1.165) is 18.4 Å². The van der Waals surface area contributed by atoms with Crippen molar-refractivity contribution in [1.29, 1.82) is 0 Å². The monoisotopic (exact) mass is 175 g/mol. The predicted molar refractivity (Wildman–Crippen MR) is 47.3 cm³/mol. The lowest BCUT2D eigenvalue weighted by atomic mass is 10.1. The third kappa shape index (κ3) is 1.11. The maximum atomic E-state index is 9.23. The fourth-order valence-corrected chi connectivity index (χ4v) is 1.40. The van der Waals surface area contributed by atoms with E-state index < -0.39 is 5.54 Å². The van der Waals surface area contributed by atoms with Crippen LogP contribution in [0.15, 0.2) is 18.2 Å². The molecule has 0 saturated heterocycles. The second kappa shape index (κ2) is 2.40. The van der Waals surface area contributed by atoms with Gasteiger partial charge in [-0.2, -0.15) is 0 Å². The van der Waals surface area contributed by atoms with Crippen LogP contribution in [0.3, 0.4) is 0 Å². The highest BCUT2D eigenvalue weighted by atomic mass is 16.3. The first-order valence-electron chi connectivity index (χ1n) is 4.09. The molecule has 66 valence electrons. The average molecular weight is 175 g/mol. The second-order valence-corrected chi connectivity index (χ2v) is 3.35. The number of phenolic OH excluding ortho intramolecular Hbond substituents is 2. The van der Waals surface area contributed by atoms with Gasteiger partial charge in [0.25, 0.3) is 5.54 Å². The summed E-state index contributed by atoms with van der Waals surface area (Å²) in [6.45, 7) is 7.01. The van der Waals surface area contributed by atoms with Crippen LogP contribution in [0.2, 0.25) is 0 Å². The predicted octanol–water partition coefficient (Wildman–Crippen LogP) is 2.01. The van der Waals surface area contributed by atoms with Gasteiger partial charge in [0.15, 0.2) is 11.5 Å². The standard InChI is InChI=1S/C10H9NO2/c1-11-10(4-5-10)7-2-3-8(12)9(13)6-7/h2-3,6,12-13H,4-5H2. The Hall–Kier alpha value is -1.69. The van der Waals surface area contributed by atoms with Crippen LogP contribution in [-0.4, -0.2) is 10.2 Å². The summed E-state index contributed by atoms with van der Waals surface area (Å²) in [5, 5.41) is 18.3. The third-order valence-corrected chi connectivity index (χ3v) is 2.45. The van der Waals surface area contributed by atoms with Crippen LogP contribution >= 0.6 is 0 Å². The second-order valence-electron chi connectivity index (χ2n) is 3.35. The third-order valence-electron chi connectivity index (χ3n) is 2.45. The molecule has 13 heavy (non-hydrogen) atoms. The van der Waals surface area contributed by atoms with Crippen molar-refractivity contribution in [3.8, 4) is 11.5 Å².